The summed E-state index contributed by atoms with van der Waals surface area (Å²) in [6, 6.07) is 4.99. The number of fused-ring (bicyclic) bond motifs is 1. The van der Waals surface area contributed by atoms with Crippen LogP contribution in [0.2, 0.25) is 0 Å². The van der Waals surface area contributed by atoms with E-state index >= 15 is 0 Å². The highest BCUT2D eigenvalue weighted by atomic mass is 16.6. The highest BCUT2D eigenvalue weighted by molar-refractivity contribution is 5.74. The first-order chi connectivity index (χ1) is 11.5. The summed E-state index contributed by atoms with van der Waals surface area (Å²) in [5, 5.41) is 13.6. The maximum Gasteiger partial charge on any atom is 0.315 e. The Morgan fingerprint density at radius 3 is 2.58 bits per heavy atom. The van der Waals surface area contributed by atoms with E-state index < -0.39 is 0 Å². The van der Waals surface area contributed by atoms with Gasteiger partial charge in [-0.05, 0) is 31.5 Å². The average molecular weight is 331 g/mol. The Morgan fingerprint density at radius 1 is 1.17 bits per heavy atom. The lowest BCUT2D eigenvalue weighted by molar-refractivity contribution is 0.171. The number of nitrogens with zero attached hydrogens (tertiary/aromatic N) is 3. The van der Waals surface area contributed by atoms with E-state index in [1.807, 2.05) is 39.1 Å². The normalized spacial score (nSPS) is 15.5. The first-order valence-electron chi connectivity index (χ1n) is 7.85. The van der Waals surface area contributed by atoms with Crippen LogP contribution in [0.5, 0.6) is 11.5 Å². The SMILES string of the molecule is C[C@H](NC(=O)N[C@H](C)c1nncn1C)c1ccc2c(c1)OCCO2. The third kappa shape index (κ3) is 3.42. The van der Waals surface area contributed by atoms with Gasteiger partial charge in [0.05, 0.1) is 12.1 Å². The Bertz CT molecular complexity index is 730. The van der Waals surface area contributed by atoms with E-state index in [1.165, 1.54) is 0 Å². The highest BCUT2D eigenvalue weighted by Gasteiger charge is 2.18. The zero-order valence-electron chi connectivity index (χ0n) is 13.9. The molecule has 24 heavy (non-hydrogen) atoms. The van der Waals surface area contributed by atoms with Crippen LogP contribution in [0.4, 0.5) is 4.79 Å². The molecule has 1 aliphatic rings. The van der Waals surface area contributed by atoms with Crippen molar-refractivity contribution in [2.75, 3.05) is 13.2 Å². The van der Waals surface area contributed by atoms with E-state index in [0.717, 1.165) is 11.3 Å². The van der Waals surface area contributed by atoms with Crippen molar-refractivity contribution in [2.45, 2.75) is 25.9 Å². The predicted octanol–water partition coefficient (Wildman–Crippen LogP) is 1.71. The maximum atomic E-state index is 12.2. The van der Waals surface area contributed by atoms with Gasteiger partial charge >= 0.3 is 6.03 Å². The fraction of sp³-hybridized carbons (Fsp3) is 0.438. The molecule has 0 spiro atoms. The molecule has 8 heteroatoms. The molecule has 8 nitrogen and oxygen atoms in total. The number of benzene rings is 1. The smallest absolute Gasteiger partial charge is 0.315 e. The maximum absolute atomic E-state index is 12.2. The molecule has 2 N–H and O–H groups in total. The number of hydrogen-bond acceptors (Lipinski definition) is 5. The number of ether oxygens (including phenoxy) is 2. The Labute approximate surface area is 140 Å². The van der Waals surface area contributed by atoms with E-state index in [1.54, 1.807) is 10.9 Å². The number of carbonyl (C=O) groups excluding carboxylic acids is 1. The summed E-state index contributed by atoms with van der Waals surface area (Å²) in [5.74, 6) is 2.13. The standard InChI is InChI=1S/C16H21N5O3/c1-10(12-4-5-13-14(8-12)24-7-6-23-13)18-16(22)19-11(2)15-20-17-9-21(15)3/h4-5,8-11H,6-7H2,1-3H3,(H2,18,19,22)/t10-,11+/m0/s1. The fourth-order valence-electron chi connectivity index (χ4n) is 2.60. The van der Waals surface area contributed by atoms with Crippen molar-refractivity contribution in [1.29, 1.82) is 0 Å². The largest absolute Gasteiger partial charge is 0.486 e. The van der Waals surface area contributed by atoms with Crippen LogP contribution in [0.1, 0.15) is 37.3 Å². The number of aryl methyl sites for hydroxylation is 1. The summed E-state index contributed by atoms with van der Waals surface area (Å²) >= 11 is 0. The van der Waals surface area contributed by atoms with Crippen molar-refractivity contribution in [1.82, 2.24) is 25.4 Å². The molecule has 0 radical (unpaired) electrons. The summed E-state index contributed by atoms with van der Waals surface area (Å²) < 4.78 is 12.9. The van der Waals surface area contributed by atoms with Gasteiger partial charge in [-0.1, -0.05) is 6.07 Å². The predicted molar refractivity (Wildman–Crippen MR) is 86.9 cm³/mol. The molecule has 2 atom stereocenters. The number of hydrogen-bond donors (Lipinski definition) is 2. The number of amides is 2. The first kappa shape index (κ1) is 16.1. The lowest BCUT2D eigenvalue weighted by Crippen LogP contribution is -2.39. The second-order valence-corrected chi connectivity index (χ2v) is 5.76. The van der Waals surface area contributed by atoms with Crippen molar-refractivity contribution in [2.24, 2.45) is 7.05 Å². The van der Waals surface area contributed by atoms with Crippen LogP contribution in [0.15, 0.2) is 24.5 Å². The van der Waals surface area contributed by atoms with Crippen LogP contribution in [-0.2, 0) is 7.05 Å². The molecule has 1 aromatic heterocycles. The highest BCUT2D eigenvalue weighted by Crippen LogP contribution is 2.32. The monoisotopic (exact) mass is 331 g/mol. The lowest BCUT2D eigenvalue weighted by atomic mass is 10.1. The van der Waals surface area contributed by atoms with E-state index in [0.29, 0.717) is 24.8 Å². The molecule has 0 bridgehead atoms. The lowest BCUT2D eigenvalue weighted by Gasteiger charge is -2.21. The molecular formula is C16H21N5O3. The Balaban J connectivity index is 1.61. The number of nitrogens with one attached hydrogen (secondary N) is 2. The molecule has 0 saturated carbocycles. The summed E-state index contributed by atoms with van der Waals surface area (Å²) in [5.41, 5.74) is 0.945. The number of carbonyl (C=O) groups is 1. The summed E-state index contributed by atoms with van der Waals surface area (Å²) in [7, 11) is 1.84. The molecule has 3 rings (SSSR count). The molecule has 1 aromatic carbocycles. The third-order valence-electron chi connectivity index (χ3n) is 3.90. The van der Waals surface area contributed by atoms with Crippen LogP contribution >= 0.6 is 0 Å². The van der Waals surface area contributed by atoms with Crippen molar-refractivity contribution in [3.8, 4) is 11.5 Å². The van der Waals surface area contributed by atoms with E-state index in [4.69, 9.17) is 9.47 Å². The van der Waals surface area contributed by atoms with Crippen molar-refractivity contribution < 1.29 is 14.3 Å². The summed E-state index contributed by atoms with van der Waals surface area (Å²) in [6.07, 6.45) is 1.60. The fourth-order valence-corrected chi connectivity index (χ4v) is 2.60. The summed E-state index contributed by atoms with van der Waals surface area (Å²) in [6.45, 7) is 4.87. The third-order valence-corrected chi connectivity index (χ3v) is 3.90. The van der Waals surface area contributed by atoms with Gasteiger partial charge in [0, 0.05) is 7.05 Å². The summed E-state index contributed by atoms with van der Waals surface area (Å²) in [4.78, 5) is 12.2. The Hall–Kier alpha value is -2.77. The average Bonchev–Trinajstić information content (AvgIpc) is 3.00. The van der Waals surface area contributed by atoms with Crippen LogP contribution in [0, 0.1) is 0 Å². The van der Waals surface area contributed by atoms with Gasteiger partial charge in [-0.25, -0.2) is 4.79 Å². The van der Waals surface area contributed by atoms with Gasteiger partial charge in [0.25, 0.3) is 0 Å². The van der Waals surface area contributed by atoms with E-state index in [9.17, 15) is 4.79 Å². The van der Waals surface area contributed by atoms with Gasteiger partial charge in [-0.3, -0.25) is 0 Å². The van der Waals surface area contributed by atoms with Crippen molar-refractivity contribution in [3.05, 3.63) is 35.9 Å². The number of rotatable bonds is 4. The van der Waals surface area contributed by atoms with Gasteiger partial charge in [0.1, 0.15) is 19.5 Å². The van der Waals surface area contributed by atoms with Crippen LogP contribution in [0.3, 0.4) is 0 Å². The molecule has 1 aliphatic heterocycles. The van der Waals surface area contributed by atoms with Crippen molar-refractivity contribution >= 4 is 6.03 Å². The molecule has 0 aliphatic carbocycles. The molecule has 0 saturated heterocycles. The van der Waals surface area contributed by atoms with Gasteiger partial charge < -0.3 is 24.7 Å². The molecule has 2 aromatic rings. The minimum Gasteiger partial charge on any atom is -0.486 e. The van der Waals surface area contributed by atoms with Crippen LogP contribution < -0.4 is 20.1 Å². The second-order valence-electron chi connectivity index (χ2n) is 5.76. The Morgan fingerprint density at radius 2 is 1.88 bits per heavy atom. The first-order valence-corrected chi connectivity index (χ1v) is 7.85. The number of aromatic nitrogens is 3. The zero-order chi connectivity index (χ0) is 17.1. The van der Waals surface area contributed by atoms with E-state index in [2.05, 4.69) is 20.8 Å². The van der Waals surface area contributed by atoms with Gasteiger partial charge in [-0.2, -0.15) is 0 Å². The second kappa shape index (κ2) is 6.77. The minimum atomic E-state index is -0.270. The zero-order valence-corrected chi connectivity index (χ0v) is 13.9. The minimum absolute atomic E-state index is 0.174. The molecule has 0 unspecified atom stereocenters. The molecular weight excluding hydrogens is 310 g/mol. The van der Waals surface area contributed by atoms with E-state index in [-0.39, 0.29) is 18.1 Å². The Kier molecular flexibility index (Phi) is 4.54. The number of urea groups is 1. The molecule has 128 valence electrons. The van der Waals surface area contributed by atoms with Crippen molar-refractivity contribution in [3.63, 3.8) is 0 Å². The van der Waals surface area contributed by atoms with Gasteiger partial charge in [0.15, 0.2) is 17.3 Å². The molecule has 2 amide bonds. The van der Waals surface area contributed by atoms with Gasteiger partial charge in [0.2, 0.25) is 0 Å². The molecule has 2 heterocycles. The van der Waals surface area contributed by atoms with Crippen LogP contribution in [-0.4, -0.2) is 34.0 Å². The quantitative estimate of drug-likeness (QED) is 0.890. The van der Waals surface area contributed by atoms with Crippen LogP contribution in [0.25, 0.3) is 0 Å². The topological polar surface area (TPSA) is 90.3 Å². The molecule has 0 fully saturated rings. The van der Waals surface area contributed by atoms with Gasteiger partial charge in [-0.15, -0.1) is 10.2 Å².